The molecule has 0 aliphatic carbocycles. The van der Waals surface area contributed by atoms with E-state index in [0.29, 0.717) is 0 Å². The first-order valence-corrected chi connectivity index (χ1v) is 5.12. The zero-order valence-electron chi connectivity index (χ0n) is 8.21. The zero-order chi connectivity index (χ0) is 8.72. The molecule has 2 unspecified atom stereocenters. The average molecular weight is 165 g/mol. The molecule has 0 radical (unpaired) electrons. The lowest BCUT2D eigenvalue weighted by atomic mass is 9.97. The Labute approximate surface area is 75.4 Å². The smallest absolute Gasteiger partial charge is 0.0139 e. The first-order chi connectivity index (χ1) is 5.68. The topological polar surface area (TPSA) is 3.24 Å². The van der Waals surface area contributed by atoms with E-state index in [9.17, 15) is 0 Å². The molecular weight excluding hydrogens is 146 g/mol. The zero-order valence-corrected chi connectivity index (χ0v) is 8.21. The summed E-state index contributed by atoms with van der Waals surface area (Å²) in [6.45, 7) is 8.76. The largest absolute Gasteiger partial charge is 0.294 e. The van der Waals surface area contributed by atoms with Crippen LogP contribution in [0.15, 0.2) is 12.2 Å². The maximum atomic E-state index is 4.12. The van der Waals surface area contributed by atoms with Crippen molar-refractivity contribution in [2.24, 2.45) is 0 Å². The van der Waals surface area contributed by atoms with Crippen LogP contribution in [0.3, 0.4) is 0 Å². The number of fused-ring (bicyclic) bond motifs is 2. The second-order valence-corrected chi connectivity index (χ2v) is 4.58. The van der Waals surface area contributed by atoms with Gasteiger partial charge in [0.25, 0.3) is 0 Å². The van der Waals surface area contributed by atoms with Gasteiger partial charge in [-0.3, -0.25) is 4.90 Å². The highest BCUT2D eigenvalue weighted by molar-refractivity contribution is 5.10. The Bertz CT molecular complexity index is 179. The standard InChI is InChI=1S/C11H19N/c1-8(2)12-10-4-5-11(12)7-9(3)6-10/h8,10-11H,3-7H2,1-2H3. The fraction of sp³-hybridized carbons (Fsp3) is 0.818. The maximum Gasteiger partial charge on any atom is 0.0139 e. The summed E-state index contributed by atoms with van der Waals surface area (Å²) < 4.78 is 0. The van der Waals surface area contributed by atoms with Gasteiger partial charge in [-0.15, -0.1) is 0 Å². The van der Waals surface area contributed by atoms with E-state index in [1.54, 1.807) is 0 Å². The van der Waals surface area contributed by atoms with Gasteiger partial charge in [-0.1, -0.05) is 12.2 Å². The van der Waals surface area contributed by atoms with Crippen LogP contribution < -0.4 is 0 Å². The van der Waals surface area contributed by atoms with Gasteiger partial charge in [0.2, 0.25) is 0 Å². The van der Waals surface area contributed by atoms with Gasteiger partial charge >= 0.3 is 0 Å². The normalized spacial score (nSPS) is 36.4. The molecule has 2 aliphatic heterocycles. The summed E-state index contributed by atoms with van der Waals surface area (Å²) in [4.78, 5) is 2.70. The summed E-state index contributed by atoms with van der Waals surface area (Å²) in [5.74, 6) is 0. The molecule has 68 valence electrons. The van der Waals surface area contributed by atoms with Gasteiger partial charge in [-0.25, -0.2) is 0 Å². The molecule has 0 aromatic carbocycles. The first-order valence-electron chi connectivity index (χ1n) is 5.12. The first kappa shape index (κ1) is 8.31. The minimum Gasteiger partial charge on any atom is -0.294 e. The van der Waals surface area contributed by atoms with Crippen molar-refractivity contribution in [2.75, 3.05) is 0 Å². The highest BCUT2D eigenvalue weighted by atomic mass is 15.2. The molecule has 0 spiro atoms. The second kappa shape index (κ2) is 2.88. The van der Waals surface area contributed by atoms with Gasteiger partial charge in [0.1, 0.15) is 0 Å². The Hall–Kier alpha value is -0.300. The minimum absolute atomic E-state index is 0.732. The van der Waals surface area contributed by atoms with E-state index in [2.05, 4.69) is 25.3 Å². The highest BCUT2D eigenvalue weighted by Crippen LogP contribution is 2.38. The van der Waals surface area contributed by atoms with Gasteiger partial charge in [-0.05, 0) is 39.5 Å². The van der Waals surface area contributed by atoms with Crippen molar-refractivity contribution in [3.63, 3.8) is 0 Å². The van der Waals surface area contributed by atoms with Crippen LogP contribution >= 0.6 is 0 Å². The molecule has 2 bridgehead atoms. The Kier molecular flexibility index (Phi) is 1.99. The molecule has 0 saturated carbocycles. The van der Waals surface area contributed by atoms with Crippen LogP contribution in [0.25, 0.3) is 0 Å². The summed E-state index contributed by atoms with van der Waals surface area (Å²) in [6.07, 6.45) is 5.33. The van der Waals surface area contributed by atoms with E-state index in [1.807, 2.05) is 0 Å². The second-order valence-electron chi connectivity index (χ2n) is 4.58. The van der Waals surface area contributed by atoms with Crippen LogP contribution in [0.4, 0.5) is 0 Å². The summed E-state index contributed by atoms with van der Waals surface area (Å²) in [6, 6.07) is 2.39. The summed E-state index contributed by atoms with van der Waals surface area (Å²) in [5, 5.41) is 0. The van der Waals surface area contributed by atoms with Crippen LogP contribution in [0, 0.1) is 0 Å². The van der Waals surface area contributed by atoms with E-state index < -0.39 is 0 Å². The lowest BCUT2D eigenvalue weighted by molar-refractivity contribution is 0.126. The molecule has 2 fully saturated rings. The van der Waals surface area contributed by atoms with Crippen LogP contribution in [0.2, 0.25) is 0 Å². The van der Waals surface area contributed by atoms with Crippen molar-refractivity contribution in [3.05, 3.63) is 12.2 Å². The molecule has 0 aromatic rings. The molecule has 0 aromatic heterocycles. The van der Waals surface area contributed by atoms with Gasteiger partial charge < -0.3 is 0 Å². The van der Waals surface area contributed by atoms with Crippen molar-refractivity contribution < 1.29 is 0 Å². The number of hydrogen-bond donors (Lipinski definition) is 0. The van der Waals surface area contributed by atoms with Gasteiger partial charge in [0.15, 0.2) is 0 Å². The monoisotopic (exact) mass is 165 g/mol. The Morgan fingerprint density at radius 3 is 2.17 bits per heavy atom. The SMILES string of the molecule is C=C1CC2CCC(C1)N2C(C)C. The van der Waals surface area contributed by atoms with E-state index in [4.69, 9.17) is 0 Å². The Balaban J connectivity index is 2.14. The van der Waals surface area contributed by atoms with Gasteiger partial charge in [-0.2, -0.15) is 0 Å². The molecule has 0 N–H and O–H groups in total. The lowest BCUT2D eigenvalue weighted by Gasteiger charge is -2.38. The molecule has 1 heteroatoms. The molecule has 2 heterocycles. The van der Waals surface area contributed by atoms with E-state index in [-0.39, 0.29) is 0 Å². The quantitative estimate of drug-likeness (QED) is 0.540. The summed E-state index contributed by atoms with van der Waals surface area (Å²) >= 11 is 0. The molecule has 1 nitrogen and oxygen atoms in total. The summed E-state index contributed by atoms with van der Waals surface area (Å²) in [7, 11) is 0. The average Bonchev–Trinajstić information content (AvgIpc) is 2.24. The van der Waals surface area contributed by atoms with E-state index in [1.165, 1.54) is 31.3 Å². The summed E-state index contributed by atoms with van der Waals surface area (Å²) in [5.41, 5.74) is 1.49. The van der Waals surface area contributed by atoms with E-state index in [0.717, 1.165) is 18.1 Å². The van der Waals surface area contributed by atoms with Gasteiger partial charge in [0.05, 0.1) is 0 Å². The number of hydrogen-bond acceptors (Lipinski definition) is 1. The van der Waals surface area contributed by atoms with Crippen molar-refractivity contribution in [1.29, 1.82) is 0 Å². The van der Waals surface area contributed by atoms with Crippen LogP contribution in [-0.2, 0) is 0 Å². The molecule has 2 rings (SSSR count). The number of nitrogens with zero attached hydrogens (tertiary/aromatic N) is 1. The van der Waals surface area contributed by atoms with Crippen LogP contribution in [0.5, 0.6) is 0 Å². The van der Waals surface area contributed by atoms with Crippen LogP contribution in [0.1, 0.15) is 39.5 Å². The number of piperidine rings is 1. The van der Waals surface area contributed by atoms with E-state index >= 15 is 0 Å². The Morgan fingerprint density at radius 1 is 1.25 bits per heavy atom. The molecule has 2 atom stereocenters. The van der Waals surface area contributed by atoms with Crippen molar-refractivity contribution in [3.8, 4) is 0 Å². The van der Waals surface area contributed by atoms with Crippen molar-refractivity contribution in [2.45, 2.75) is 57.7 Å². The molecule has 2 aliphatic rings. The lowest BCUT2D eigenvalue weighted by Crippen LogP contribution is -2.44. The molecule has 12 heavy (non-hydrogen) atoms. The van der Waals surface area contributed by atoms with Crippen LogP contribution in [-0.4, -0.2) is 23.0 Å². The third kappa shape index (κ3) is 1.20. The third-order valence-electron chi connectivity index (χ3n) is 3.32. The fourth-order valence-corrected chi connectivity index (χ4v) is 2.99. The molecular formula is C11H19N. The Morgan fingerprint density at radius 2 is 1.75 bits per heavy atom. The highest BCUT2D eigenvalue weighted by Gasteiger charge is 2.38. The maximum absolute atomic E-state index is 4.12. The predicted molar refractivity (Wildman–Crippen MR) is 52.2 cm³/mol. The van der Waals surface area contributed by atoms with Crippen molar-refractivity contribution in [1.82, 2.24) is 4.90 Å². The molecule has 2 saturated heterocycles. The third-order valence-corrected chi connectivity index (χ3v) is 3.32. The minimum atomic E-state index is 0.732. The predicted octanol–water partition coefficient (Wildman–Crippen LogP) is 2.58. The van der Waals surface area contributed by atoms with Gasteiger partial charge in [0, 0.05) is 18.1 Å². The molecule has 0 amide bonds. The number of rotatable bonds is 1. The fourth-order valence-electron chi connectivity index (χ4n) is 2.99. The van der Waals surface area contributed by atoms with Crippen molar-refractivity contribution >= 4 is 0 Å².